The summed E-state index contributed by atoms with van der Waals surface area (Å²) >= 11 is 0. The van der Waals surface area contributed by atoms with Gasteiger partial charge < -0.3 is 14.2 Å². The lowest BCUT2D eigenvalue weighted by atomic mass is 9.99. The van der Waals surface area contributed by atoms with Gasteiger partial charge in [-0.15, -0.1) is 0 Å². The third-order valence-corrected chi connectivity index (χ3v) is 11.2. The van der Waals surface area contributed by atoms with Crippen LogP contribution in [0.3, 0.4) is 0 Å². The van der Waals surface area contributed by atoms with Crippen molar-refractivity contribution in [3.8, 4) is 0 Å². The number of unbranched alkanes of at least 4 members (excludes halogenated alkanes) is 29. The highest BCUT2D eigenvalue weighted by atomic mass is 16.6. The van der Waals surface area contributed by atoms with Crippen LogP contribution < -0.4 is 0 Å². The molecule has 0 aromatic rings. The Kier molecular flexibility index (Phi) is 41.3. The van der Waals surface area contributed by atoms with Gasteiger partial charge >= 0.3 is 17.9 Å². The molecule has 0 fully saturated rings. The van der Waals surface area contributed by atoms with Gasteiger partial charge in [0.25, 0.3) is 0 Å². The van der Waals surface area contributed by atoms with Crippen LogP contribution in [0.2, 0.25) is 0 Å². The van der Waals surface area contributed by atoms with Gasteiger partial charge in [0.2, 0.25) is 0 Å². The fourth-order valence-electron chi connectivity index (χ4n) is 7.12. The molecule has 0 spiro atoms. The fraction of sp³-hybridized carbons (Fsp3) is 0.938. The van der Waals surface area contributed by atoms with Gasteiger partial charge in [-0.2, -0.15) is 0 Å². The molecule has 0 aromatic heterocycles. The average Bonchev–Trinajstić information content (AvgIpc) is 3.17. The Labute approximate surface area is 336 Å². The van der Waals surface area contributed by atoms with E-state index in [1.54, 1.807) is 0 Å². The highest BCUT2D eigenvalue weighted by Crippen LogP contribution is 2.17. The number of hydrogen-bond acceptors (Lipinski definition) is 6. The zero-order valence-corrected chi connectivity index (χ0v) is 36.7. The largest absolute Gasteiger partial charge is 0.462 e. The van der Waals surface area contributed by atoms with Crippen molar-refractivity contribution in [2.75, 3.05) is 13.2 Å². The Morgan fingerprint density at radius 1 is 0.370 bits per heavy atom. The number of carbonyl (C=O) groups excluding carboxylic acids is 3. The molecule has 54 heavy (non-hydrogen) atoms. The van der Waals surface area contributed by atoms with E-state index in [-0.39, 0.29) is 31.1 Å². The molecule has 0 aromatic carbocycles. The second-order valence-electron chi connectivity index (χ2n) is 16.6. The maximum absolute atomic E-state index is 12.7. The Balaban J connectivity index is 4.31. The molecular weight excluding hydrogens is 673 g/mol. The first kappa shape index (κ1) is 52.4. The molecular formula is C48H92O6. The number of rotatable bonds is 43. The SMILES string of the molecule is CCCCCCCCCCCCCCCC(=O)OC[C@H](COC(=O)CCCCCCCCCCC)OC(=O)CCCCCCCCCCCCC(C)CC. The minimum atomic E-state index is -0.759. The predicted molar refractivity (Wildman–Crippen MR) is 229 cm³/mol. The van der Waals surface area contributed by atoms with Crippen molar-refractivity contribution >= 4 is 17.9 Å². The van der Waals surface area contributed by atoms with E-state index in [0.29, 0.717) is 19.3 Å². The molecule has 0 bridgehead atoms. The van der Waals surface area contributed by atoms with Crippen LogP contribution in [0, 0.1) is 5.92 Å². The van der Waals surface area contributed by atoms with Crippen molar-refractivity contribution in [3.05, 3.63) is 0 Å². The van der Waals surface area contributed by atoms with Crippen LogP contribution >= 0.6 is 0 Å². The van der Waals surface area contributed by atoms with Gasteiger partial charge in [0.15, 0.2) is 6.10 Å². The molecule has 0 saturated heterocycles. The van der Waals surface area contributed by atoms with Gasteiger partial charge in [-0.05, 0) is 25.2 Å². The van der Waals surface area contributed by atoms with Gasteiger partial charge in [0.05, 0.1) is 0 Å². The summed E-state index contributed by atoms with van der Waals surface area (Å²) < 4.78 is 16.7. The molecule has 0 N–H and O–H groups in total. The van der Waals surface area contributed by atoms with E-state index in [1.807, 2.05) is 0 Å². The lowest BCUT2D eigenvalue weighted by molar-refractivity contribution is -0.167. The predicted octanol–water partition coefficient (Wildman–Crippen LogP) is 15.1. The summed E-state index contributed by atoms with van der Waals surface area (Å²) in [6, 6.07) is 0. The van der Waals surface area contributed by atoms with Crippen molar-refractivity contribution in [2.24, 2.45) is 5.92 Å². The molecule has 0 aliphatic heterocycles. The first-order valence-electron chi connectivity index (χ1n) is 23.9. The van der Waals surface area contributed by atoms with Gasteiger partial charge in [-0.1, -0.05) is 227 Å². The number of ether oxygens (including phenoxy) is 3. The van der Waals surface area contributed by atoms with Crippen molar-refractivity contribution in [1.82, 2.24) is 0 Å². The summed E-state index contributed by atoms with van der Waals surface area (Å²) in [5.74, 6) is 0.0145. The maximum atomic E-state index is 12.7. The standard InChI is InChI=1S/C48H92O6/c1-5-8-10-12-14-16-17-18-19-24-28-32-36-40-47(50)53-43-45(42-52-46(49)39-35-31-27-22-15-13-11-9-6-2)54-48(51)41-37-33-29-25-21-20-23-26-30-34-38-44(4)7-3/h44-45H,5-43H2,1-4H3/t44?,45-/m0/s1. The summed E-state index contributed by atoms with van der Waals surface area (Å²) in [5.41, 5.74) is 0. The summed E-state index contributed by atoms with van der Waals surface area (Å²) in [7, 11) is 0. The number of esters is 3. The normalized spacial score (nSPS) is 12.4. The highest BCUT2D eigenvalue weighted by molar-refractivity contribution is 5.71. The molecule has 6 heteroatoms. The number of hydrogen-bond donors (Lipinski definition) is 0. The quantitative estimate of drug-likeness (QED) is 0.0349. The monoisotopic (exact) mass is 765 g/mol. The van der Waals surface area contributed by atoms with Crippen molar-refractivity contribution in [3.63, 3.8) is 0 Å². The third-order valence-electron chi connectivity index (χ3n) is 11.2. The second kappa shape index (κ2) is 42.6. The van der Waals surface area contributed by atoms with Crippen molar-refractivity contribution in [2.45, 2.75) is 271 Å². The van der Waals surface area contributed by atoms with Gasteiger partial charge in [0.1, 0.15) is 13.2 Å². The zero-order valence-electron chi connectivity index (χ0n) is 36.7. The molecule has 6 nitrogen and oxygen atoms in total. The molecule has 0 saturated carbocycles. The number of carbonyl (C=O) groups is 3. The Hall–Kier alpha value is -1.59. The van der Waals surface area contributed by atoms with E-state index in [2.05, 4.69) is 27.7 Å². The fourth-order valence-corrected chi connectivity index (χ4v) is 7.12. The van der Waals surface area contributed by atoms with Crippen LogP contribution in [0.5, 0.6) is 0 Å². The average molecular weight is 765 g/mol. The molecule has 0 radical (unpaired) electrons. The zero-order chi connectivity index (χ0) is 39.6. The maximum Gasteiger partial charge on any atom is 0.306 e. The first-order valence-corrected chi connectivity index (χ1v) is 23.9. The minimum Gasteiger partial charge on any atom is -0.462 e. The molecule has 0 aliphatic rings. The summed E-state index contributed by atoms with van der Waals surface area (Å²) in [6.45, 7) is 9.01. The third kappa shape index (κ3) is 40.1. The van der Waals surface area contributed by atoms with E-state index in [1.165, 1.54) is 161 Å². The van der Waals surface area contributed by atoms with Crippen LogP contribution in [0.4, 0.5) is 0 Å². The lowest BCUT2D eigenvalue weighted by Gasteiger charge is -2.18. The van der Waals surface area contributed by atoms with Gasteiger partial charge in [-0.25, -0.2) is 0 Å². The molecule has 2 atom stereocenters. The van der Waals surface area contributed by atoms with Gasteiger partial charge in [-0.3, -0.25) is 14.4 Å². The van der Waals surface area contributed by atoms with Crippen LogP contribution in [0.25, 0.3) is 0 Å². The van der Waals surface area contributed by atoms with Gasteiger partial charge in [0, 0.05) is 19.3 Å². The van der Waals surface area contributed by atoms with Crippen molar-refractivity contribution in [1.29, 1.82) is 0 Å². The minimum absolute atomic E-state index is 0.0635. The Morgan fingerprint density at radius 3 is 0.963 bits per heavy atom. The second-order valence-corrected chi connectivity index (χ2v) is 16.6. The molecule has 0 rings (SSSR count). The van der Waals surface area contributed by atoms with Crippen molar-refractivity contribution < 1.29 is 28.6 Å². The highest BCUT2D eigenvalue weighted by Gasteiger charge is 2.19. The first-order chi connectivity index (χ1) is 26.4. The van der Waals surface area contributed by atoms with E-state index in [0.717, 1.165) is 63.7 Å². The van der Waals surface area contributed by atoms with Crippen LogP contribution in [0.1, 0.15) is 265 Å². The molecule has 0 amide bonds. The smallest absolute Gasteiger partial charge is 0.306 e. The van der Waals surface area contributed by atoms with E-state index in [9.17, 15) is 14.4 Å². The van der Waals surface area contributed by atoms with E-state index >= 15 is 0 Å². The van der Waals surface area contributed by atoms with E-state index in [4.69, 9.17) is 14.2 Å². The van der Waals surface area contributed by atoms with E-state index < -0.39 is 6.10 Å². The Morgan fingerprint density at radius 2 is 0.648 bits per heavy atom. The Bertz CT molecular complexity index is 813. The summed E-state index contributed by atoms with van der Waals surface area (Å²) in [5, 5.41) is 0. The summed E-state index contributed by atoms with van der Waals surface area (Å²) in [4.78, 5) is 37.7. The molecule has 1 unspecified atom stereocenters. The van der Waals surface area contributed by atoms with Crippen LogP contribution in [-0.4, -0.2) is 37.2 Å². The topological polar surface area (TPSA) is 78.9 Å². The molecule has 0 aliphatic carbocycles. The summed E-state index contributed by atoms with van der Waals surface area (Å²) in [6.07, 6.45) is 42.2. The van der Waals surface area contributed by atoms with Crippen LogP contribution in [0.15, 0.2) is 0 Å². The lowest BCUT2D eigenvalue weighted by Crippen LogP contribution is -2.30. The molecule has 320 valence electrons. The van der Waals surface area contributed by atoms with Crippen LogP contribution in [-0.2, 0) is 28.6 Å². The molecule has 0 heterocycles.